The normalized spacial score (nSPS) is 12.1. The van der Waals surface area contributed by atoms with Gasteiger partial charge in [0.15, 0.2) is 5.11 Å². The Morgan fingerprint density at radius 1 is 1.73 bits per heavy atom. The zero-order valence-electron chi connectivity index (χ0n) is 8.32. The summed E-state index contributed by atoms with van der Waals surface area (Å²) in [6.45, 7) is 0.584. The minimum atomic E-state index is -0.951. The van der Waals surface area contributed by atoms with Gasteiger partial charge < -0.3 is 10.6 Å². The molecule has 8 heteroatoms. The van der Waals surface area contributed by atoms with Crippen LogP contribution in [0.15, 0.2) is 6.33 Å². The van der Waals surface area contributed by atoms with Crippen molar-refractivity contribution in [2.75, 3.05) is 19.3 Å². The molecule has 1 aromatic rings. The van der Waals surface area contributed by atoms with Crippen molar-refractivity contribution in [3.8, 4) is 0 Å². The van der Waals surface area contributed by atoms with E-state index in [9.17, 15) is 4.21 Å². The van der Waals surface area contributed by atoms with Crippen molar-refractivity contribution in [3.05, 3.63) is 12.2 Å². The lowest BCUT2D eigenvalue weighted by molar-refractivity contribution is 0.680. The lowest BCUT2D eigenvalue weighted by atomic mass is 10.7. The van der Waals surface area contributed by atoms with Gasteiger partial charge in [0, 0.05) is 30.1 Å². The summed E-state index contributed by atoms with van der Waals surface area (Å²) in [6.07, 6.45) is 1.40. The van der Waals surface area contributed by atoms with Gasteiger partial charge in [-0.3, -0.25) is 9.31 Å². The van der Waals surface area contributed by atoms with Crippen LogP contribution in [-0.4, -0.2) is 43.8 Å². The molecule has 1 heterocycles. The van der Waals surface area contributed by atoms with Gasteiger partial charge in [-0.1, -0.05) is 0 Å². The summed E-state index contributed by atoms with van der Waals surface area (Å²) in [5.41, 5.74) is 0. The van der Waals surface area contributed by atoms with Crippen LogP contribution >= 0.6 is 12.2 Å². The van der Waals surface area contributed by atoms with Crippen LogP contribution in [0.1, 0.15) is 5.82 Å². The molecule has 0 spiro atoms. The molecule has 0 aliphatic heterocycles. The molecule has 1 rings (SSSR count). The lowest BCUT2D eigenvalue weighted by Gasteiger charge is -2.05. The van der Waals surface area contributed by atoms with Crippen molar-refractivity contribution >= 4 is 28.1 Å². The molecule has 0 amide bonds. The average molecular weight is 247 g/mol. The Morgan fingerprint density at radius 3 is 3.13 bits per heavy atom. The molecular formula is C7H13N5OS2. The van der Waals surface area contributed by atoms with Gasteiger partial charge in [-0.15, -0.1) is 0 Å². The summed E-state index contributed by atoms with van der Waals surface area (Å²) in [5, 5.41) is 12.6. The van der Waals surface area contributed by atoms with Crippen molar-refractivity contribution in [1.82, 2.24) is 25.8 Å². The monoisotopic (exact) mass is 247 g/mol. The highest BCUT2D eigenvalue weighted by molar-refractivity contribution is 7.84. The number of nitrogens with one attached hydrogen (secondary N) is 3. The quantitative estimate of drug-likeness (QED) is 0.588. The van der Waals surface area contributed by atoms with Gasteiger partial charge >= 0.3 is 0 Å². The van der Waals surface area contributed by atoms with E-state index in [1.54, 1.807) is 7.05 Å². The fraction of sp³-hybridized carbons (Fsp3) is 0.571. The molecule has 0 saturated carbocycles. The van der Waals surface area contributed by atoms with Crippen molar-refractivity contribution in [1.29, 1.82) is 0 Å². The van der Waals surface area contributed by atoms with Crippen LogP contribution in [-0.2, 0) is 16.6 Å². The van der Waals surface area contributed by atoms with Crippen LogP contribution < -0.4 is 10.6 Å². The first kappa shape index (κ1) is 12.1. The maximum atomic E-state index is 11.5. The lowest BCUT2D eigenvalue weighted by Crippen LogP contribution is -2.35. The number of nitrogens with zero attached hydrogens (tertiary/aromatic N) is 2. The summed E-state index contributed by atoms with van der Waals surface area (Å²) < 4.78 is 11.5. The zero-order chi connectivity index (χ0) is 11.1. The SMILES string of the molecule is CNC(=S)NCCS(=O)Cc1ncn[nH]1. The predicted molar refractivity (Wildman–Crippen MR) is 62.8 cm³/mol. The molecule has 1 unspecified atom stereocenters. The van der Waals surface area contributed by atoms with E-state index in [1.807, 2.05) is 0 Å². The molecule has 15 heavy (non-hydrogen) atoms. The number of hydrogen-bond donors (Lipinski definition) is 3. The van der Waals surface area contributed by atoms with Gasteiger partial charge in [-0.25, -0.2) is 4.98 Å². The fourth-order valence-electron chi connectivity index (χ4n) is 0.892. The number of aromatic amines is 1. The third kappa shape index (κ3) is 4.84. The second kappa shape index (κ2) is 6.46. The highest BCUT2D eigenvalue weighted by Gasteiger charge is 2.03. The number of aromatic nitrogens is 3. The molecule has 0 bridgehead atoms. The molecular weight excluding hydrogens is 234 g/mol. The van der Waals surface area contributed by atoms with Crippen molar-refractivity contribution in [3.63, 3.8) is 0 Å². The molecule has 0 fully saturated rings. The van der Waals surface area contributed by atoms with Crippen LogP contribution in [0.5, 0.6) is 0 Å². The van der Waals surface area contributed by atoms with E-state index >= 15 is 0 Å². The van der Waals surface area contributed by atoms with Gasteiger partial charge in [0.05, 0.1) is 5.75 Å². The molecule has 0 saturated heterocycles. The minimum absolute atomic E-state index is 0.397. The topological polar surface area (TPSA) is 82.7 Å². The van der Waals surface area contributed by atoms with Gasteiger partial charge in [-0.2, -0.15) is 5.10 Å². The summed E-state index contributed by atoms with van der Waals surface area (Å²) in [4.78, 5) is 3.90. The number of thiocarbonyl (C=S) groups is 1. The van der Waals surface area contributed by atoms with Gasteiger partial charge in [0.1, 0.15) is 12.2 Å². The Bertz CT molecular complexity index is 326. The number of hydrogen-bond acceptors (Lipinski definition) is 4. The highest BCUT2D eigenvalue weighted by atomic mass is 32.2. The third-order valence-corrected chi connectivity index (χ3v) is 3.21. The fourth-order valence-corrected chi connectivity index (χ4v) is 1.91. The van der Waals surface area contributed by atoms with E-state index in [4.69, 9.17) is 12.2 Å². The second-order valence-corrected chi connectivity index (χ2v) is 4.71. The van der Waals surface area contributed by atoms with Crippen molar-refractivity contribution in [2.24, 2.45) is 0 Å². The standard InChI is InChI=1S/C7H13N5OS2/c1-8-7(14)9-2-3-15(13)4-6-10-5-11-12-6/h5H,2-4H2,1H3,(H2,8,9,14)(H,10,11,12). The van der Waals surface area contributed by atoms with Crippen molar-refractivity contribution < 1.29 is 4.21 Å². The molecule has 1 aromatic heterocycles. The van der Waals surface area contributed by atoms with Crippen LogP contribution in [0.2, 0.25) is 0 Å². The van der Waals surface area contributed by atoms with E-state index in [-0.39, 0.29) is 0 Å². The molecule has 84 valence electrons. The van der Waals surface area contributed by atoms with E-state index < -0.39 is 10.8 Å². The molecule has 0 aliphatic carbocycles. The molecule has 0 aromatic carbocycles. The molecule has 0 radical (unpaired) electrons. The Labute approximate surface area is 95.7 Å². The minimum Gasteiger partial charge on any atom is -0.366 e. The highest BCUT2D eigenvalue weighted by Crippen LogP contribution is 1.93. The Kier molecular flexibility index (Phi) is 5.19. The molecule has 1 atom stereocenters. The smallest absolute Gasteiger partial charge is 0.166 e. The van der Waals surface area contributed by atoms with Crippen LogP contribution in [0.3, 0.4) is 0 Å². The Hall–Kier alpha value is -1.02. The van der Waals surface area contributed by atoms with Crippen molar-refractivity contribution in [2.45, 2.75) is 5.75 Å². The van der Waals surface area contributed by atoms with E-state index in [0.717, 1.165) is 0 Å². The summed E-state index contributed by atoms with van der Waals surface area (Å²) in [6, 6.07) is 0. The number of rotatable bonds is 5. The van der Waals surface area contributed by atoms with Gasteiger partial charge in [-0.05, 0) is 12.2 Å². The maximum absolute atomic E-state index is 11.5. The van der Waals surface area contributed by atoms with E-state index in [1.165, 1.54) is 6.33 Å². The largest absolute Gasteiger partial charge is 0.366 e. The first-order chi connectivity index (χ1) is 7.22. The Morgan fingerprint density at radius 2 is 2.53 bits per heavy atom. The first-order valence-electron chi connectivity index (χ1n) is 4.37. The maximum Gasteiger partial charge on any atom is 0.166 e. The van der Waals surface area contributed by atoms with Crippen LogP contribution in [0, 0.1) is 0 Å². The Balaban J connectivity index is 2.17. The zero-order valence-corrected chi connectivity index (χ0v) is 9.95. The molecule has 3 N–H and O–H groups in total. The molecule has 6 nitrogen and oxygen atoms in total. The summed E-state index contributed by atoms with van der Waals surface area (Å²) in [7, 11) is 0.785. The van der Waals surface area contributed by atoms with E-state index in [0.29, 0.717) is 29.0 Å². The van der Waals surface area contributed by atoms with Crippen LogP contribution in [0.25, 0.3) is 0 Å². The third-order valence-electron chi connectivity index (χ3n) is 1.60. The van der Waals surface area contributed by atoms with Gasteiger partial charge in [0.2, 0.25) is 0 Å². The van der Waals surface area contributed by atoms with E-state index in [2.05, 4.69) is 25.8 Å². The number of H-pyrrole nitrogens is 1. The summed E-state index contributed by atoms with van der Waals surface area (Å²) in [5.74, 6) is 1.57. The predicted octanol–water partition coefficient (Wildman–Crippen LogP) is -0.853. The van der Waals surface area contributed by atoms with Gasteiger partial charge in [0.25, 0.3) is 0 Å². The molecule has 0 aliphatic rings. The van der Waals surface area contributed by atoms with Crippen LogP contribution in [0.4, 0.5) is 0 Å². The first-order valence-corrected chi connectivity index (χ1v) is 6.27. The summed E-state index contributed by atoms with van der Waals surface area (Å²) >= 11 is 4.87. The second-order valence-electron chi connectivity index (χ2n) is 2.73. The average Bonchev–Trinajstić information content (AvgIpc) is 2.70.